The second-order valence-electron chi connectivity index (χ2n) is 7.87. The Hall–Kier alpha value is -2.97. The summed E-state index contributed by atoms with van der Waals surface area (Å²) in [5.74, 6) is 1.68. The summed E-state index contributed by atoms with van der Waals surface area (Å²) in [7, 11) is 0. The van der Waals surface area contributed by atoms with Gasteiger partial charge in [-0.25, -0.2) is 4.98 Å². The first-order valence-corrected chi connectivity index (χ1v) is 13.0. The lowest BCUT2D eigenvalue weighted by Crippen LogP contribution is -2.20. The zero-order chi connectivity index (χ0) is 24.9. The molecule has 0 aliphatic heterocycles. The highest BCUT2D eigenvalue weighted by molar-refractivity contribution is 9.13. The molecule has 4 aromatic rings. The zero-order valence-corrected chi connectivity index (χ0v) is 22.8. The summed E-state index contributed by atoms with van der Waals surface area (Å²) in [6, 6.07) is 18.7. The van der Waals surface area contributed by atoms with Crippen LogP contribution >= 0.6 is 31.9 Å². The smallest absolute Gasteiger partial charge is 0.282 e. The summed E-state index contributed by atoms with van der Waals surface area (Å²) in [6.45, 7) is 6.47. The maximum Gasteiger partial charge on any atom is 0.282 e. The molecule has 0 unspecified atom stereocenters. The molecule has 0 spiro atoms. The number of hydrogen-bond donors (Lipinski definition) is 0. The lowest BCUT2D eigenvalue weighted by molar-refractivity contribution is 0.201. The van der Waals surface area contributed by atoms with Gasteiger partial charge in [0.1, 0.15) is 0 Å². The number of benzene rings is 3. The maximum absolute atomic E-state index is 13.4. The van der Waals surface area contributed by atoms with Crippen molar-refractivity contribution in [2.24, 2.45) is 5.10 Å². The van der Waals surface area contributed by atoms with Crippen LogP contribution in [0.25, 0.3) is 22.3 Å². The molecule has 0 aliphatic carbocycles. The van der Waals surface area contributed by atoms with Gasteiger partial charge in [0.15, 0.2) is 17.3 Å². The van der Waals surface area contributed by atoms with Gasteiger partial charge in [0.2, 0.25) is 0 Å². The molecule has 4 rings (SSSR count). The fourth-order valence-corrected chi connectivity index (χ4v) is 4.40. The summed E-state index contributed by atoms with van der Waals surface area (Å²) >= 11 is 7.29. The molecule has 0 amide bonds. The maximum atomic E-state index is 13.4. The van der Waals surface area contributed by atoms with Crippen LogP contribution in [0.5, 0.6) is 11.5 Å². The molecule has 0 aliphatic rings. The van der Waals surface area contributed by atoms with Crippen molar-refractivity contribution in [1.29, 1.82) is 0 Å². The summed E-state index contributed by atoms with van der Waals surface area (Å²) in [4.78, 5) is 18.2. The van der Waals surface area contributed by atoms with Crippen LogP contribution in [0.2, 0.25) is 0 Å². The predicted molar refractivity (Wildman–Crippen MR) is 148 cm³/mol. The van der Waals surface area contributed by atoms with Crippen LogP contribution in [-0.4, -0.2) is 28.6 Å². The molecule has 35 heavy (non-hydrogen) atoms. The Kier molecular flexibility index (Phi) is 8.03. The van der Waals surface area contributed by atoms with Crippen LogP contribution in [0.1, 0.15) is 32.8 Å². The average molecular weight is 599 g/mol. The van der Waals surface area contributed by atoms with Gasteiger partial charge in [-0.2, -0.15) is 9.78 Å². The van der Waals surface area contributed by atoms with Crippen molar-refractivity contribution < 1.29 is 9.47 Å². The quantitative estimate of drug-likeness (QED) is 0.204. The van der Waals surface area contributed by atoms with Crippen molar-refractivity contribution in [3.63, 3.8) is 0 Å². The van der Waals surface area contributed by atoms with Crippen molar-refractivity contribution in [1.82, 2.24) is 9.66 Å². The third kappa shape index (κ3) is 5.33. The van der Waals surface area contributed by atoms with Gasteiger partial charge in [0, 0.05) is 15.6 Å². The van der Waals surface area contributed by atoms with Crippen LogP contribution in [0.4, 0.5) is 0 Å². The Labute approximate surface area is 220 Å². The van der Waals surface area contributed by atoms with Crippen LogP contribution < -0.4 is 15.0 Å². The number of hydrogen-bond acceptors (Lipinski definition) is 5. The van der Waals surface area contributed by atoms with Crippen molar-refractivity contribution in [3.8, 4) is 22.9 Å². The molecule has 0 bridgehead atoms. The molecular formula is C27H25Br2N3O3. The summed E-state index contributed by atoms with van der Waals surface area (Å²) in [6.07, 6.45) is 2.50. The number of rotatable bonds is 8. The van der Waals surface area contributed by atoms with E-state index in [1.165, 1.54) is 4.68 Å². The predicted octanol–water partition coefficient (Wildman–Crippen LogP) is 7.05. The van der Waals surface area contributed by atoms with E-state index < -0.39 is 0 Å². The summed E-state index contributed by atoms with van der Waals surface area (Å²) < 4.78 is 14.8. The van der Waals surface area contributed by atoms with Crippen molar-refractivity contribution in [2.45, 2.75) is 33.3 Å². The molecule has 0 N–H and O–H groups in total. The highest BCUT2D eigenvalue weighted by Crippen LogP contribution is 2.43. The van der Waals surface area contributed by atoms with E-state index in [4.69, 9.17) is 14.5 Å². The molecule has 0 saturated carbocycles. The Morgan fingerprint density at radius 1 is 1.06 bits per heavy atom. The molecule has 1 heterocycles. The monoisotopic (exact) mass is 597 g/mol. The Bertz CT molecular complexity index is 1440. The van der Waals surface area contributed by atoms with E-state index in [1.807, 2.05) is 68.4 Å². The van der Waals surface area contributed by atoms with E-state index in [0.29, 0.717) is 34.8 Å². The topological polar surface area (TPSA) is 65.7 Å². The molecule has 0 fully saturated rings. The van der Waals surface area contributed by atoms with E-state index in [1.54, 1.807) is 12.3 Å². The third-order valence-corrected chi connectivity index (χ3v) is 7.59. The fourth-order valence-electron chi connectivity index (χ4n) is 3.48. The number of para-hydroxylation sites is 1. The largest absolute Gasteiger partial charge is 0.490 e. The van der Waals surface area contributed by atoms with Gasteiger partial charge >= 0.3 is 0 Å². The standard InChI is InChI=1S/C27H25Br2N3O3/c1-4-17(3)35-25-22(34-5-2)15-19(23(28)24(25)29)16-30-32-26(18-11-7-6-8-12-18)31-21-14-10-9-13-20(21)27(32)33/h6-17H,4-5H2,1-3H3/t17-/m1/s1. The lowest BCUT2D eigenvalue weighted by atomic mass is 10.2. The number of halogens is 2. The van der Waals surface area contributed by atoms with Crippen molar-refractivity contribution in [3.05, 3.63) is 85.5 Å². The second-order valence-corrected chi connectivity index (χ2v) is 9.46. The molecular weight excluding hydrogens is 574 g/mol. The van der Waals surface area contributed by atoms with Gasteiger partial charge in [-0.05, 0) is 70.3 Å². The first-order valence-electron chi connectivity index (χ1n) is 11.4. The molecule has 0 radical (unpaired) electrons. The first-order chi connectivity index (χ1) is 16.9. The van der Waals surface area contributed by atoms with Gasteiger partial charge in [0.25, 0.3) is 5.56 Å². The van der Waals surface area contributed by atoms with E-state index in [2.05, 4.69) is 43.9 Å². The van der Waals surface area contributed by atoms with E-state index >= 15 is 0 Å². The number of fused-ring (bicyclic) bond motifs is 1. The number of aromatic nitrogens is 2. The van der Waals surface area contributed by atoms with Crippen LogP contribution in [0.15, 0.2) is 79.5 Å². The van der Waals surface area contributed by atoms with E-state index in [9.17, 15) is 4.79 Å². The van der Waals surface area contributed by atoms with E-state index in [0.717, 1.165) is 26.5 Å². The van der Waals surface area contributed by atoms with Crippen LogP contribution in [0, 0.1) is 0 Å². The van der Waals surface area contributed by atoms with Gasteiger partial charge in [-0.1, -0.05) is 49.4 Å². The summed E-state index contributed by atoms with van der Waals surface area (Å²) in [5.41, 5.74) is 1.88. The molecule has 1 aromatic heterocycles. The normalized spacial score (nSPS) is 12.3. The summed E-state index contributed by atoms with van der Waals surface area (Å²) in [5, 5.41) is 5.08. The fraction of sp³-hybridized carbons (Fsp3) is 0.222. The minimum absolute atomic E-state index is 0.0209. The SMILES string of the molecule is CCOc1cc(C=Nn2c(-c3ccccc3)nc3ccccc3c2=O)c(Br)c(Br)c1O[C@H](C)CC. The van der Waals surface area contributed by atoms with Gasteiger partial charge in [-0.15, -0.1) is 0 Å². The zero-order valence-electron chi connectivity index (χ0n) is 19.7. The Morgan fingerprint density at radius 2 is 1.77 bits per heavy atom. The molecule has 1 atom stereocenters. The molecule has 180 valence electrons. The van der Waals surface area contributed by atoms with Crippen molar-refractivity contribution in [2.75, 3.05) is 6.61 Å². The van der Waals surface area contributed by atoms with Gasteiger partial charge < -0.3 is 9.47 Å². The molecule has 0 saturated heterocycles. The molecule has 8 heteroatoms. The lowest BCUT2D eigenvalue weighted by Gasteiger charge is -2.19. The van der Waals surface area contributed by atoms with Gasteiger partial charge in [-0.3, -0.25) is 4.79 Å². The average Bonchev–Trinajstić information content (AvgIpc) is 2.88. The second kappa shape index (κ2) is 11.2. The van der Waals surface area contributed by atoms with Crippen LogP contribution in [-0.2, 0) is 0 Å². The van der Waals surface area contributed by atoms with Gasteiger partial charge in [0.05, 0.1) is 34.3 Å². The van der Waals surface area contributed by atoms with E-state index in [-0.39, 0.29) is 11.7 Å². The molecule has 3 aromatic carbocycles. The Balaban J connectivity index is 1.87. The number of nitrogens with zero attached hydrogens (tertiary/aromatic N) is 3. The molecule has 6 nitrogen and oxygen atoms in total. The highest BCUT2D eigenvalue weighted by Gasteiger charge is 2.19. The number of ether oxygens (including phenoxy) is 2. The minimum Gasteiger partial charge on any atom is -0.490 e. The highest BCUT2D eigenvalue weighted by atomic mass is 79.9. The first kappa shape index (κ1) is 25.1. The minimum atomic E-state index is -0.248. The third-order valence-electron chi connectivity index (χ3n) is 5.45. The van der Waals surface area contributed by atoms with Crippen molar-refractivity contribution >= 4 is 49.0 Å². The Morgan fingerprint density at radius 3 is 2.49 bits per heavy atom. The van der Waals surface area contributed by atoms with Crippen LogP contribution in [0.3, 0.4) is 0 Å².